The Morgan fingerprint density at radius 2 is 0.766 bits per heavy atom. The van der Waals surface area contributed by atoms with Gasteiger partial charge in [0.25, 0.3) is 5.56 Å². The van der Waals surface area contributed by atoms with Crippen molar-refractivity contribution in [1.82, 2.24) is 9.38 Å². The smallest absolute Gasteiger partial charge is 0.281 e. The molecule has 0 radical (unpaired) electrons. The molecular formula is C44H28N2O. The first kappa shape index (κ1) is 27.0. The van der Waals surface area contributed by atoms with Gasteiger partial charge in [-0.3, -0.25) is 9.20 Å². The van der Waals surface area contributed by atoms with Crippen LogP contribution in [0.15, 0.2) is 175 Å². The number of hydrogen-bond donors (Lipinski definition) is 0. The van der Waals surface area contributed by atoms with Crippen molar-refractivity contribution in [3.05, 3.63) is 180 Å². The lowest BCUT2D eigenvalue weighted by Gasteiger charge is -2.16. The third-order valence-electron chi connectivity index (χ3n) is 9.19. The van der Waals surface area contributed by atoms with E-state index in [1.54, 1.807) is 0 Å². The molecule has 9 aromatic rings. The molecule has 2 aromatic heterocycles. The lowest BCUT2D eigenvalue weighted by Crippen LogP contribution is -2.12. The monoisotopic (exact) mass is 600 g/mol. The number of hydrogen-bond acceptors (Lipinski definition) is 2. The van der Waals surface area contributed by atoms with E-state index in [1.165, 1.54) is 11.1 Å². The number of pyridine rings is 1. The molecule has 0 atom stereocenters. The summed E-state index contributed by atoms with van der Waals surface area (Å²) in [6.45, 7) is 0. The fraction of sp³-hybridized carbons (Fsp3) is 0. The third kappa shape index (κ3) is 4.60. The van der Waals surface area contributed by atoms with Crippen LogP contribution in [0.1, 0.15) is 0 Å². The van der Waals surface area contributed by atoms with Crippen LogP contribution in [0.3, 0.4) is 0 Å². The summed E-state index contributed by atoms with van der Waals surface area (Å²) in [5.41, 5.74) is 11.3. The van der Waals surface area contributed by atoms with Gasteiger partial charge in [-0.25, -0.2) is 0 Å². The van der Waals surface area contributed by atoms with Gasteiger partial charge in [-0.15, -0.1) is 0 Å². The van der Waals surface area contributed by atoms with Crippen LogP contribution in [0, 0.1) is 0 Å². The van der Waals surface area contributed by atoms with E-state index in [0.717, 1.165) is 60.6 Å². The predicted octanol–water partition coefficient (Wildman–Crippen LogP) is 10.8. The summed E-state index contributed by atoms with van der Waals surface area (Å²) in [4.78, 5) is 18.4. The molecule has 0 aliphatic carbocycles. The maximum absolute atomic E-state index is 13.7. The van der Waals surface area contributed by atoms with Crippen molar-refractivity contribution in [2.75, 3.05) is 0 Å². The fourth-order valence-corrected chi connectivity index (χ4v) is 6.88. The second kappa shape index (κ2) is 10.9. The van der Waals surface area contributed by atoms with Crippen LogP contribution >= 0.6 is 0 Å². The summed E-state index contributed by atoms with van der Waals surface area (Å²) in [7, 11) is 0. The Hall–Kier alpha value is -6.32. The molecule has 9 rings (SSSR count). The van der Waals surface area contributed by atoms with Crippen LogP contribution in [0.25, 0.3) is 82.7 Å². The van der Waals surface area contributed by atoms with Gasteiger partial charge >= 0.3 is 0 Å². The highest BCUT2D eigenvalue weighted by molar-refractivity contribution is 6.14. The van der Waals surface area contributed by atoms with Crippen LogP contribution in [0.4, 0.5) is 0 Å². The zero-order chi connectivity index (χ0) is 31.3. The van der Waals surface area contributed by atoms with E-state index in [1.807, 2.05) is 24.3 Å². The molecule has 47 heavy (non-hydrogen) atoms. The average Bonchev–Trinajstić information content (AvgIpc) is 3.15. The van der Waals surface area contributed by atoms with E-state index in [0.29, 0.717) is 11.0 Å². The molecule has 3 heteroatoms. The zero-order valence-corrected chi connectivity index (χ0v) is 25.5. The number of aromatic nitrogens is 2. The molecular weight excluding hydrogens is 572 g/mol. The zero-order valence-electron chi connectivity index (χ0n) is 25.5. The Morgan fingerprint density at radius 1 is 0.340 bits per heavy atom. The topological polar surface area (TPSA) is 34.4 Å². The van der Waals surface area contributed by atoms with Gasteiger partial charge in [0.1, 0.15) is 5.65 Å². The first-order valence-corrected chi connectivity index (χ1v) is 15.8. The van der Waals surface area contributed by atoms with E-state index < -0.39 is 0 Å². The minimum atomic E-state index is -0.222. The quantitative estimate of drug-likeness (QED) is 0.188. The Morgan fingerprint density at radius 3 is 1.34 bits per heavy atom. The number of rotatable bonds is 4. The van der Waals surface area contributed by atoms with Crippen LogP contribution < -0.4 is 5.56 Å². The molecule has 0 fully saturated rings. The van der Waals surface area contributed by atoms with Gasteiger partial charge < -0.3 is 0 Å². The molecule has 0 spiro atoms. The van der Waals surface area contributed by atoms with Gasteiger partial charge in [-0.2, -0.15) is 4.98 Å². The molecule has 0 bridgehead atoms. The van der Waals surface area contributed by atoms with Crippen LogP contribution in [-0.4, -0.2) is 9.38 Å². The lowest BCUT2D eigenvalue weighted by atomic mass is 9.96. The summed E-state index contributed by atoms with van der Waals surface area (Å²) in [6, 6.07) is 59.0. The van der Waals surface area contributed by atoms with Crippen molar-refractivity contribution in [1.29, 1.82) is 0 Å². The van der Waals surface area contributed by atoms with E-state index in [4.69, 9.17) is 4.98 Å². The van der Waals surface area contributed by atoms with Crippen LogP contribution in [-0.2, 0) is 0 Å². The molecule has 3 nitrogen and oxygen atoms in total. The number of nitrogens with zero attached hydrogens (tertiary/aromatic N) is 2. The Kier molecular flexibility index (Phi) is 6.29. The molecule has 0 saturated carbocycles. The molecule has 0 aliphatic heterocycles. The first-order chi connectivity index (χ1) is 23.2. The highest BCUT2D eigenvalue weighted by Gasteiger charge is 2.15. The lowest BCUT2D eigenvalue weighted by molar-refractivity contribution is 1.19. The van der Waals surface area contributed by atoms with Crippen molar-refractivity contribution >= 4 is 38.2 Å². The van der Waals surface area contributed by atoms with Crippen LogP contribution in [0.2, 0.25) is 0 Å². The minimum absolute atomic E-state index is 0.222. The van der Waals surface area contributed by atoms with Crippen molar-refractivity contribution in [2.24, 2.45) is 0 Å². The summed E-state index contributed by atoms with van der Waals surface area (Å²) >= 11 is 0. The van der Waals surface area contributed by atoms with Crippen molar-refractivity contribution in [3.63, 3.8) is 0 Å². The molecule has 0 saturated heterocycles. The van der Waals surface area contributed by atoms with Crippen LogP contribution in [0.5, 0.6) is 0 Å². The largest absolute Gasteiger partial charge is 0.293 e. The summed E-state index contributed by atoms with van der Waals surface area (Å²) in [5.74, 6) is 0. The van der Waals surface area contributed by atoms with E-state index in [2.05, 4.69) is 150 Å². The highest BCUT2D eigenvalue weighted by atomic mass is 16.1. The van der Waals surface area contributed by atoms with Gasteiger partial charge in [0.05, 0.1) is 16.4 Å². The average molecular weight is 601 g/mol. The maximum Gasteiger partial charge on any atom is 0.281 e. The third-order valence-corrected chi connectivity index (χ3v) is 9.19. The molecule has 0 amide bonds. The Labute approximate surface area is 271 Å². The Bertz CT molecular complexity index is 2690. The van der Waals surface area contributed by atoms with Gasteiger partial charge in [0, 0.05) is 10.8 Å². The van der Waals surface area contributed by atoms with E-state index in [9.17, 15) is 4.79 Å². The molecule has 0 aliphatic rings. The molecule has 0 N–H and O–H groups in total. The van der Waals surface area contributed by atoms with Crippen molar-refractivity contribution in [2.45, 2.75) is 0 Å². The molecule has 2 heterocycles. The SMILES string of the molecule is O=c1nc2c3ccccc3c3cc(-c4cccc(-c5ccccc5)c4)ccc3n2c2ccc(-c3cccc(-c4ccccc4)c3)cc12. The first-order valence-electron chi connectivity index (χ1n) is 15.8. The summed E-state index contributed by atoms with van der Waals surface area (Å²) in [6.07, 6.45) is 0. The van der Waals surface area contributed by atoms with Crippen molar-refractivity contribution in [3.8, 4) is 44.5 Å². The molecule has 7 aromatic carbocycles. The van der Waals surface area contributed by atoms with Gasteiger partial charge in [-0.05, 0) is 86.3 Å². The van der Waals surface area contributed by atoms with E-state index in [-0.39, 0.29) is 5.56 Å². The fourth-order valence-electron chi connectivity index (χ4n) is 6.88. The van der Waals surface area contributed by atoms with Gasteiger partial charge in [0.2, 0.25) is 0 Å². The predicted molar refractivity (Wildman–Crippen MR) is 196 cm³/mol. The normalized spacial score (nSPS) is 11.5. The van der Waals surface area contributed by atoms with Gasteiger partial charge in [-0.1, -0.05) is 133 Å². The van der Waals surface area contributed by atoms with Crippen molar-refractivity contribution < 1.29 is 0 Å². The Balaban J connectivity index is 1.25. The molecule has 220 valence electrons. The summed E-state index contributed by atoms with van der Waals surface area (Å²) in [5, 5.41) is 3.74. The summed E-state index contributed by atoms with van der Waals surface area (Å²) < 4.78 is 2.16. The minimum Gasteiger partial charge on any atom is -0.293 e. The number of benzene rings is 7. The molecule has 0 unspecified atom stereocenters. The second-order valence-electron chi connectivity index (χ2n) is 12.0. The van der Waals surface area contributed by atoms with E-state index >= 15 is 0 Å². The maximum atomic E-state index is 13.7. The van der Waals surface area contributed by atoms with Gasteiger partial charge in [0.15, 0.2) is 0 Å². The number of fused-ring (bicyclic) bond motifs is 8. The second-order valence-corrected chi connectivity index (χ2v) is 12.0. The standard InChI is InChI=1S/C44H28N2O/c47-44-40-28-36(34-18-10-16-32(26-34)30-13-5-2-6-14-30)22-24-42(40)46-41-23-21-35(27-39(41)37-19-7-8-20-38(37)43(46)45-44)33-17-9-15-31(25-33)29-11-3-1-4-12-29/h1-28H. The highest BCUT2D eigenvalue weighted by Crippen LogP contribution is 2.35.